The molecule has 0 unspecified atom stereocenters. The molecule has 3 rings (SSSR count). The molecule has 0 spiro atoms. The number of benzene rings is 2. The Kier molecular flexibility index (Phi) is 5.46. The molecular weight excluding hydrogens is 342 g/mol. The number of hydrogen-bond acceptors (Lipinski definition) is 5. The number of nitrogens with one attached hydrogen (secondary N) is 1. The SMILES string of the molecule is CCOc1ccc(/C=N/Nc2nc(-c3ccc(Cl)cc3)cs2)cc1. The second kappa shape index (κ2) is 7.95. The predicted molar refractivity (Wildman–Crippen MR) is 101 cm³/mol. The Morgan fingerprint density at radius 1 is 1.17 bits per heavy atom. The minimum absolute atomic E-state index is 0.662. The van der Waals surface area contributed by atoms with Crippen molar-refractivity contribution in [2.45, 2.75) is 6.92 Å². The number of thiazole rings is 1. The molecule has 0 aliphatic rings. The van der Waals surface area contributed by atoms with Crippen LogP contribution >= 0.6 is 22.9 Å². The molecule has 1 N–H and O–H groups in total. The summed E-state index contributed by atoms with van der Waals surface area (Å²) in [6.45, 7) is 2.63. The maximum Gasteiger partial charge on any atom is 0.203 e. The zero-order valence-corrected chi connectivity index (χ0v) is 14.6. The summed E-state index contributed by atoms with van der Waals surface area (Å²) in [5, 5.41) is 7.66. The standard InChI is InChI=1S/C18H16ClN3OS/c1-2-23-16-9-3-13(4-10-16)11-20-22-18-21-17(12-24-18)14-5-7-15(19)8-6-14/h3-12H,2H2,1H3,(H,21,22)/b20-11+. The highest BCUT2D eigenvalue weighted by atomic mass is 35.5. The fraction of sp³-hybridized carbons (Fsp3) is 0.111. The van der Waals surface area contributed by atoms with E-state index >= 15 is 0 Å². The lowest BCUT2D eigenvalue weighted by molar-refractivity contribution is 0.340. The number of ether oxygens (including phenoxy) is 1. The molecule has 1 heterocycles. The molecule has 0 amide bonds. The molecule has 0 fully saturated rings. The van der Waals surface area contributed by atoms with Gasteiger partial charge in [0.25, 0.3) is 0 Å². The predicted octanol–water partition coefficient (Wildman–Crippen LogP) is 5.31. The number of anilines is 1. The monoisotopic (exact) mass is 357 g/mol. The molecule has 122 valence electrons. The molecule has 3 aromatic rings. The van der Waals surface area contributed by atoms with Crippen LogP contribution in [-0.4, -0.2) is 17.8 Å². The van der Waals surface area contributed by atoms with Crippen molar-refractivity contribution in [2.24, 2.45) is 5.10 Å². The summed E-state index contributed by atoms with van der Waals surface area (Å²) in [4.78, 5) is 4.51. The summed E-state index contributed by atoms with van der Waals surface area (Å²) in [6.07, 6.45) is 1.75. The van der Waals surface area contributed by atoms with Crippen LogP contribution in [0.25, 0.3) is 11.3 Å². The third-order valence-corrected chi connectivity index (χ3v) is 4.21. The fourth-order valence-corrected chi connectivity index (χ4v) is 2.85. The van der Waals surface area contributed by atoms with Gasteiger partial charge in [-0.2, -0.15) is 5.10 Å². The molecule has 0 aliphatic heterocycles. The second-order valence-corrected chi connectivity index (χ2v) is 6.21. The van der Waals surface area contributed by atoms with Crippen LogP contribution < -0.4 is 10.2 Å². The van der Waals surface area contributed by atoms with Crippen LogP contribution in [0.15, 0.2) is 59.0 Å². The van der Waals surface area contributed by atoms with E-state index < -0.39 is 0 Å². The van der Waals surface area contributed by atoms with Gasteiger partial charge in [0.15, 0.2) is 0 Å². The van der Waals surface area contributed by atoms with Gasteiger partial charge in [0, 0.05) is 16.0 Å². The Morgan fingerprint density at radius 2 is 1.92 bits per heavy atom. The van der Waals surface area contributed by atoms with Gasteiger partial charge in [-0.15, -0.1) is 11.3 Å². The molecule has 2 aromatic carbocycles. The van der Waals surface area contributed by atoms with Gasteiger partial charge in [-0.3, -0.25) is 5.43 Å². The van der Waals surface area contributed by atoms with E-state index in [2.05, 4.69) is 15.5 Å². The normalized spacial score (nSPS) is 10.9. The number of aromatic nitrogens is 1. The van der Waals surface area contributed by atoms with Gasteiger partial charge in [-0.25, -0.2) is 4.98 Å². The topological polar surface area (TPSA) is 46.5 Å². The van der Waals surface area contributed by atoms with Crippen molar-refractivity contribution >= 4 is 34.3 Å². The molecule has 0 atom stereocenters. The van der Waals surface area contributed by atoms with Gasteiger partial charge in [0.2, 0.25) is 5.13 Å². The first-order valence-electron chi connectivity index (χ1n) is 7.48. The van der Waals surface area contributed by atoms with Gasteiger partial charge >= 0.3 is 0 Å². The van der Waals surface area contributed by atoms with E-state index in [1.165, 1.54) is 11.3 Å². The fourth-order valence-electron chi connectivity index (χ4n) is 2.06. The van der Waals surface area contributed by atoms with Gasteiger partial charge in [-0.05, 0) is 48.9 Å². The van der Waals surface area contributed by atoms with Crippen LogP contribution in [0.1, 0.15) is 12.5 Å². The molecule has 0 bridgehead atoms. The molecule has 0 saturated carbocycles. The summed E-state index contributed by atoms with van der Waals surface area (Å²) in [6, 6.07) is 15.4. The molecule has 0 saturated heterocycles. The quantitative estimate of drug-likeness (QED) is 0.480. The Bertz CT molecular complexity index is 813. The van der Waals surface area contributed by atoms with Crippen LogP contribution in [0.2, 0.25) is 5.02 Å². The lowest BCUT2D eigenvalue weighted by atomic mass is 10.2. The molecular formula is C18H16ClN3OS. The number of hydrazone groups is 1. The first-order valence-corrected chi connectivity index (χ1v) is 8.74. The third-order valence-electron chi connectivity index (χ3n) is 3.21. The minimum atomic E-state index is 0.662. The molecule has 1 aromatic heterocycles. The Labute approximate surface area is 149 Å². The van der Waals surface area contributed by atoms with E-state index in [1.54, 1.807) is 6.21 Å². The van der Waals surface area contributed by atoms with E-state index in [4.69, 9.17) is 16.3 Å². The second-order valence-electron chi connectivity index (χ2n) is 4.92. The Balaban J connectivity index is 1.61. The van der Waals surface area contributed by atoms with Crippen molar-refractivity contribution in [1.82, 2.24) is 4.98 Å². The summed E-state index contributed by atoms with van der Waals surface area (Å²) < 4.78 is 5.41. The highest BCUT2D eigenvalue weighted by Crippen LogP contribution is 2.25. The van der Waals surface area contributed by atoms with Crippen LogP contribution in [0.5, 0.6) is 5.75 Å². The van der Waals surface area contributed by atoms with Crippen molar-refractivity contribution in [3.8, 4) is 17.0 Å². The van der Waals surface area contributed by atoms with Gasteiger partial charge < -0.3 is 4.74 Å². The van der Waals surface area contributed by atoms with Crippen molar-refractivity contribution in [3.63, 3.8) is 0 Å². The van der Waals surface area contributed by atoms with Crippen LogP contribution in [0.3, 0.4) is 0 Å². The number of nitrogens with zero attached hydrogens (tertiary/aromatic N) is 2. The van der Waals surface area contributed by atoms with Crippen molar-refractivity contribution in [1.29, 1.82) is 0 Å². The third kappa shape index (κ3) is 4.34. The molecule has 4 nitrogen and oxygen atoms in total. The van der Waals surface area contributed by atoms with Crippen molar-refractivity contribution in [3.05, 3.63) is 64.5 Å². The Morgan fingerprint density at radius 3 is 2.62 bits per heavy atom. The van der Waals surface area contributed by atoms with E-state index in [9.17, 15) is 0 Å². The first kappa shape index (κ1) is 16.5. The number of hydrogen-bond donors (Lipinski definition) is 1. The van der Waals surface area contributed by atoms with E-state index in [1.807, 2.05) is 60.8 Å². The maximum absolute atomic E-state index is 5.90. The number of halogens is 1. The number of rotatable bonds is 6. The average molecular weight is 358 g/mol. The smallest absolute Gasteiger partial charge is 0.203 e. The van der Waals surface area contributed by atoms with Gasteiger partial charge in [-0.1, -0.05) is 23.7 Å². The van der Waals surface area contributed by atoms with Gasteiger partial charge in [0.05, 0.1) is 18.5 Å². The summed E-state index contributed by atoms with van der Waals surface area (Å²) in [5.41, 5.74) is 5.87. The molecule has 0 radical (unpaired) electrons. The minimum Gasteiger partial charge on any atom is -0.494 e. The van der Waals surface area contributed by atoms with Gasteiger partial charge in [0.1, 0.15) is 5.75 Å². The van der Waals surface area contributed by atoms with Crippen LogP contribution in [0, 0.1) is 0 Å². The largest absolute Gasteiger partial charge is 0.494 e. The summed E-state index contributed by atoms with van der Waals surface area (Å²) in [5.74, 6) is 0.857. The highest BCUT2D eigenvalue weighted by Gasteiger charge is 2.03. The van der Waals surface area contributed by atoms with Crippen molar-refractivity contribution in [2.75, 3.05) is 12.0 Å². The zero-order chi connectivity index (χ0) is 16.8. The summed E-state index contributed by atoms with van der Waals surface area (Å²) >= 11 is 7.41. The van der Waals surface area contributed by atoms with E-state index in [-0.39, 0.29) is 0 Å². The molecule has 0 aliphatic carbocycles. The van der Waals surface area contributed by atoms with Crippen LogP contribution in [-0.2, 0) is 0 Å². The highest BCUT2D eigenvalue weighted by molar-refractivity contribution is 7.14. The lowest BCUT2D eigenvalue weighted by Crippen LogP contribution is -1.92. The van der Waals surface area contributed by atoms with Crippen molar-refractivity contribution < 1.29 is 4.74 Å². The lowest BCUT2D eigenvalue weighted by Gasteiger charge is -2.02. The maximum atomic E-state index is 5.90. The first-order chi connectivity index (χ1) is 11.7. The molecule has 24 heavy (non-hydrogen) atoms. The molecule has 6 heteroatoms. The summed E-state index contributed by atoms with van der Waals surface area (Å²) in [7, 11) is 0. The zero-order valence-electron chi connectivity index (χ0n) is 13.1. The average Bonchev–Trinajstić information content (AvgIpc) is 3.06. The van der Waals surface area contributed by atoms with E-state index in [0.717, 1.165) is 27.7 Å². The Hall–Kier alpha value is -2.37. The van der Waals surface area contributed by atoms with E-state index in [0.29, 0.717) is 11.6 Å². The van der Waals surface area contributed by atoms with Crippen LogP contribution in [0.4, 0.5) is 5.13 Å².